The van der Waals surface area contributed by atoms with Crippen LogP contribution in [0.15, 0.2) is 97.1 Å². The second-order valence-electron chi connectivity index (χ2n) is 9.81. The molecule has 0 nitrogen and oxygen atoms in total. The van der Waals surface area contributed by atoms with Crippen molar-refractivity contribution in [3.63, 3.8) is 0 Å². The molecule has 0 radical (unpaired) electrons. The van der Waals surface area contributed by atoms with Gasteiger partial charge in [-0.1, -0.05) is 111 Å². The van der Waals surface area contributed by atoms with Gasteiger partial charge in [-0.25, -0.2) is 0 Å². The second kappa shape index (κ2) is 6.20. The zero-order chi connectivity index (χ0) is 21.4. The molecule has 32 heavy (non-hydrogen) atoms. The largest absolute Gasteiger partial charge is 0.0619 e. The fourth-order valence-corrected chi connectivity index (χ4v) is 6.03. The van der Waals surface area contributed by atoms with Crippen molar-refractivity contribution in [2.75, 3.05) is 0 Å². The van der Waals surface area contributed by atoms with Crippen LogP contribution in [0.1, 0.15) is 36.1 Å². The molecule has 0 saturated carbocycles. The lowest BCUT2D eigenvalue weighted by Gasteiger charge is -2.22. The fourth-order valence-electron chi connectivity index (χ4n) is 6.03. The summed E-state index contributed by atoms with van der Waals surface area (Å²) in [6.07, 6.45) is 0.952. The summed E-state index contributed by atoms with van der Waals surface area (Å²) >= 11 is 0. The van der Waals surface area contributed by atoms with E-state index >= 15 is 0 Å². The van der Waals surface area contributed by atoms with E-state index in [1.165, 1.54) is 65.7 Å². The predicted octanol–water partition coefficient (Wildman–Crippen LogP) is 8.48. The van der Waals surface area contributed by atoms with Gasteiger partial charge in [0.1, 0.15) is 0 Å². The molecule has 0 bridgehead atoms. The van der Waals surface area contributed by atoms with E-state index in [1.54, 1.807) is 0 Å². The first-order chi connectivity index (χ1) is 15.6. The van der Waals surface area contributed by atoms with Crippen LogP contribution in [0.5, 0.6) is 0 Å². The van der Waals surface area contributed by atoms with E-state index in [0.29, 0.717) is 0 Å². The Morgan fingerprint density at radius 3 is 2.09 bits per heavy atom. The summed E-state index contributed by atoms with van der Waals surface area (Å²) in [6, 6.07) is 36.4. The summed E-state index contributed by atoms with van der Waals surface area (Å²) in [6.45, 7) is 4.72. The SMILES string of the molecule is CC1(C)c2ccccc2-c2ccc(Cc3ccc4ccc5cccc6ccc3c4c56)cc21. The maximum absolute atomic E-state index is 2.45. The van der Waals surface area contributed by atoms with Crippen molar-refractivity contribution in [2.24, 2.45) is 0 Å². The van der Waals surface area contributed by atoms with Crippen LogP contribution in [0.3, 0.4) is 0 Å². The van der Waals surface area contributed by atoms with Gasteiger partial charge in [0.15, 0.2) is 0 Å². The standard InChI is InChI=1S/C32H24/c1-32(2)28-9-4-3-8-26(28)27-16-10-20(19-29(27)32)18-24-14-13-23-12-11-21-6-5-7-22-15-17-25(24)31(23)30(21)22/h3-17,19H,18H2,1-2H3. The van der Waals surface area contributed by atoms with E-state index in [2.05, 4.69) is 111 Å². The van der Waals surface area contributed by atoms with Gasteiger partial charge in [-0.2, -0.15) is 0 Å². The Hall–Kier alpha value is -3.64. The smallest absolute Gasteiger partial charge is 0.0158 e. The van der Waals surface area contributed by atoms with Gasteiger partial charge in [0.2, 0.25) is 0 Å². The molecule has 152 valence electrons. The molecule has 0 aromatic heterocycles. The molecule has 1 aliphatic rings. The van der Waals surface area contributed by atoms with Crippen LogP contribution in [0.2, 0.25) is 0 Å². The lowest BCUT2D eigenvalue weighted by molar-refractivity contribution is 0.659. The van der Waals surface area contributed by atoms with Crippen molar-refractivity contribution in [3.8, 4) is 11.1 Å². The van der Waals surface area contributed by atoms with E-state index in [9.17, 15) is 0 Å². The van der Waals surface area contributed by atoms with Crippen molar-refractivity contribution in [1.29, 1.82) is 0 Å². The molecular weight excluding hydrogens is 384 g/mol. The first-order valence-corrected chi connectivity index (χ1v) is 11.5. The molecule has 0 fully saturated rings. The number of benzene rings is 6. The first kappa shape index (κ1) is 18.0. The van der Waals surface area contributed by atoms with Gasteiger partial charge in [0.05, 0.1) is 0 Å². The van der Waals surface area contributed by atoms with Crippen LogP contribution < -0.4 is 0 Å². The van der Waals surface area contributed by atoms with E-state index in [4.69, 9.17) is 0 Å². The molecule has 7 rings (SSSR count). The summed E-state index contributed by atoms with van der Waals surface area (Å²) < 4.78 is 0. The highest BCUT2D eigenvalue weighted by Gasteiger charge is 2.35. The molecule has 0 unspecified atom stereocenters. The van der Waals surface area contributed by atoms with Crippen LogP contribution in [-0.2, 0) is 11.8 Å². The number of hydrogen-bond donors (Lipinski definition) is 0. The molecule has 0 aliphatic heterocycles. The van der Waals surface area contributed by atoms with Crippen LogP contribution in [0, 0.1) is 0 Å². The Bertz CT molecular complexity index is 1650. The molecule has 6 aromatic carbocycles. The molecule has 1 aliphatic carbocycles. The third-order valence-electron chi connectivity index (χ3n) is 7.66. The van der Waals surface area contributed by atoms with Gasteiger partial charge in [-0.3, -0.25) is 0 Å². The highest BCUT2D eigenvalue weighted by molar-refractivity contribution is 6.23. The summed E-state index contributed by atoms with van der Waals surface area (Å²) in [7, 11) is 0. The third kappa shape index (κ3) is 2.33. The number of rotatable bonds is 2. The summed E-state index contributed by atoms with van der Waals surface area (Å²) in [5, 5.41) is 8.18. The maximum atomic E-state index is 2.45. The van der Waals surface area contributed by atoms with Gasteiger partial charge in [-0.15, -0.1) is 0 Å². The Kier molecular flexibility index (Phi) is 3.49. The van der Waals surface area contributed by atoms with E-state index in [1.807, 2.05) is 0 Å². The molecule has 0 spiro atoms. The minimum absolute atomic E-state index is 0.0462. The minimum Gasteiger partial charge on any atom is -0.0619 e. The van der Waals surface area contributed by atoms with Gasteiger partial charge in [-0.05, 0) is 72.1 Å². The quantitative estimate of drug-likeness (QED) is 0.252. The highest BCUT2D eigenvalue weighted by Crippen LogP contribution is 2.49. The molecule has 0 amide bonds. The number of fused-ring (bicyclic) bond motifs is 3. The Balaban J connectivity index is 1.39. The molecule has 0 heterocycles. The average molecular weight is 409 g/mol. The average Bonchev–Trinajstić information content (AvgIpc) is 3.05. The molecule has 0 heteroatoms. The van der Waals surface area contributed by atoms with E-state index in [-0.39, 0.29) is 5.41 Å². The molecule has 0 N–H and O–H groups in total. The summed E-state index contributed by atoms with van der Waals surface area (Å²) in [5.74, 6) is 0. The molecular formula is C32H24. The Labute approximate surface area is 188 Å². The van der Waals surface area contributed by atoms with E-state index < -0.39 is 0 Å². The lowest BCUT2D eigenvalue weighted by atomic mass is 9.81. The van der Waals surface area contributed by atoms with Crippen LogP contribution in [0.4, 0.5) is 0 Å². The maximum Gasteiger partial charge on any atom is 0.0158 e. The van der Waals surface area contributed by atoms with Crippen molar-refractivity contribution >= 4 is 32.3 Å². The Morgan fingerprint density at radius 2 is 1.25 bits per heavy atom. The van der Waals surface area contributed by atoms with Crippen molar-refractivity contribution in [3.05, 3.63) is 119 Å². The summed E-state index contributed by atoms with van der Waals surface area (Å²) in [4.78, 5) is 0. The molecule has 0 saturated heterocycles. The topological polar surface area (TPSA) is 0 Å². The molecule has 6 aromatic rings. The predicted molar refractivity (Wildman–Crippen MR) is 137 cm³/mol. The van der Waals surface area contributed by atoms with Gasteiger partial charge < -0.3 is 0 Å². The van der Waals surface area contributed by atoms with Crippen molar-refractivity contribution in [2.45, 2.75) is 25.7 Å². The van der Waals surface area contributed by atoms with Crippen molar-refractivity contribution < 1.29 is 0 Å². The van der Waals surface area contributed by atoms with E-state index in [0.717, 1.165) is 6.42 Å². The normalized spacial score (nSPS) is 14.3. The number of hydrogen-bond acceptors (Lipinski definition) is 0. The first-order valence-electron chi connectivity index (χ1n) is 11.5. The second-order valence-corrected chi connectivity index (χ2v) is 9.81. The van der Waals surface area contributed by atoms with Crippen LogP contribution >= 0.6 is 0 Å². The van der Waals surface area contributed by atoms with Gasteiger partial charge >= 0.3 is 0 Å². The van der Waals surface area contributed by atoms with Crippen LogP contribution in [-0.4, -0.2) is 0 Å². The zero-order valence-corrected chi connectivity index (χ0v) is 18.4. The van der Waals surface area contributed by atoms with Crippen molar-refractivity contribution in [1.82, 2.24) is 0 Å². The van der Waals surface area contributed by atoms with Crippen LogP contribution in [0.25, 0.3) is 43.4 Å². The van der Waals surface area contributed by atoms with Gasteiger partial charge in [0.25, 0.3) is 0 Å². The monoisotopic (exact) mass is 408 g/mol. The zero-order valence-electron chi connectivity index (χ0n) is 18.4. The Morgan fingerprint density at radius 1 is 0.562 bits per heavy atom. The van der Waals surface area contributed by atoms with Gasteiger partial charge in [0, 0.05) is 5.41 Å². The third-order valence-corrected chi connectivity index (χ3v) is 7.66. The highest BCUT2D eigenvalue weighted by atomic mass is 14.4. The fraction of sp³-hybridized carbons (Fsp3) is 0.125. The summed E-state index contributed by atoms with van der Waals surface area (Å²) in [5.41, 5.74) is 8.52. The lowest BCUT2D eigenvalue weighted by Crippen LogP contribution is -2.15. The molecule has 0 atom stereocenters. The minimum atomic E-state index is 0.0462.